The minimum Gasteiger partial charge on any atom is -0.489 e. The van der Waals surface area contributed by atoms with Gasteiger partial charge in [-0.05, 0) is 48.7 Å². The Morgan fingerprint density at radius 2 is 1.64 bits per heavy atom. The molecule has 0 unspecified atom stereocenters. The van der Waals surface area contributed by atoms with E-state index >= 15 is 0 Å². The minimum absolute atomic E-state index is 0.0360. The first-order chi connectivity index (χ1) is 15.7. The molecule has 4 nitrogen and oxygen atoms in total. The summed E-state index contributed by atoms with van der Waals surface area (Å²) in [7, 11) is 0. The van der Waals surface area contributed by atoms with Gasteiger partial charge in [-0.2, -0.15) is 13.2 Å². The van der Waals surface area contributed by atoms with E-state index in [-0.39, 0.29) is 29.1 Å². The summed E-state index contributed by atoms with van der Waals surface area (Å²) in [6.45, 7) is 4.12. The van der Waals surface area contributed by atoms with Gasteiger partial charge in [0.05, 0.1) is 5.39 Å². The Hall–Kier alpha value is -3.74. The number of hydrogen-bond acceptors (Lipinski definition) is 4. The van der Waals surface area contributed by atoms with Crippen LogP contribution < -0.4 is 14.9 Å². The van der Waals surface area contributed by atoms with Crippen molar-refractivity contribution in [2.75, 3.05) is 0 Å². The number of halogens is 3. The third-order valence-corrected chi connectivity index (χ3v) is 5.12. The van der Waals surface area contributed by atoms with Crippen molar-refractivity contribution in [2.24, 2.45) is 0 Å². The van der Waals surface area contributed by atoms with Crippen molar-refractivity contribution in [3.8, 4) is 17.2 Å². The maximum atomic E-state index is 13.7. The van der Waals surface area contributed by atoms with E-state index in [9.17, 15) is 18.0 Å². The second-order valence-electron chi connectivity index (χ2n) is 7.62. The molecule has 0 fully saturated rings. The molecule has 3 aromatic carbocycles. The molecule has 0 N–H and O–H groups in total. The molecule has 1 heterocycles. The van der Waals surface area contributed by atoms with Gasteiger partial charge in [0.25, 0.3) is 5.76 Å². The molecule has 0 aliphatic heterocycles. The van der Waals surface area contributed by atoms with Crippen LogP contribution in [0.2, 0.25) is 0 Å². The Morgan fingerprint density at radius 1 is 0.909 bits per heavy atom. The normalized spacial score (nSPS) is 11.5. The predicted octanol–water partition coefficient (Wildman–Crippen LogP) is 7.05. The van der Waals surface area contributed by atoms with Gasteiger partial charge in [-0.1, -0.05) is 48.9 Å². The molecule has 0 bridgehead atoms. The van der Waals surface area contributed by atoms with E-state index in [1.54, 1.807) is 12.1 Å². The average Bonchev–Trinajstić information content (AvgIpc) is 2.79. The lowest BCUT2D eigenvalue weighted by Crippen LogP contribution is -2.15. The zero-order chi connectivity index (χ0) is 23.6. The fourth-order valence-corrected chi connectivity index (χ4v) is 3.41. The summed E-state index contributed by atoms with van der Waals surface area (Å²) >= 11 is 0. The van der Waals surface area contributed by atoms with Crippen molar-refractivity contribution in [1.82, 2.24) is 0 Å². The first-order valence-electron chi connectivity index (χ1n) is 10.4. The predicted molar refractivity (Wildman–Crippen MR) is 119 cm³/mol. The Balaban J connectivity index is 1.70. The third-order valence-electron chi connectivity index (χ3n) is 5.12. The van der Waals surface area contributed by atoms with Crippen LogP contribution >= 0.6 is 0 Å². The topological polar surface area (TPSA) is 48.7 Å². The summed E-state index contributed by atoms with van der Waals surface area (Å²) in [5.74, 6) is -1.99. The fourth-order valence-electron chi connectivity index (χ4n) is 3.41. The molecule has 0 saturated carbocycles. The van der Waals surface area contributed by atoms with Gasteiger partial charge in [-0.3, -0.25) is 4.79 Å². The van der Waals surface area contributed by atoms with E-state index in [1.165, 1.54) is 30.3 Å². The highest BCUT2D eigenvalue weighted by atomic mass is 19.4. The molecule has 0 aliphatic rings. The van der Waals surface area contributed by atoms with E-state index in [2.05, 4.69) is 0 Å². The zero-order valence-electron chi connectivity index (χ0n) is 18.0. The number of fused-ring (bicyclic) bond motifs is 1. The largest absolute Gasteiger partial charge is 0.489 e. The highest BCUT2D eigenvalue weighted by Crippen LogP contribution is 2.38. The highest BCUT2D eigenvalue weighted by molar-refractivity contribution is 5.79. The molecule has 1 aromatic heterocycles. The van der Waals surface area contributed by atoms with Crippen LogP contribution in [0.25, 0.3) is 11.0 Å². The van der Waals surface area contributed by atoms with Gasteiger partial charge < -0.3 is 13.9 Å². The Bertz CT molecular complexity index is 1340. The summed E-state index contributed by atoms with van der Waals surface area (Å²) in [6, 6.07) is 18.3. The molecule has 170 valence electrons. The molecule has 0 amide bonds. The van der Waals surface area contributed by atoms with Crippen LogP contribution in [-0.4, -0.2) is 0 Å². The lowest BCUT2D eigenvalue weighted by molar-refractivity contribution is -0.154. The lowest BCUT2D eigenvalue weighted by atomic mass is 10.1. The average molecular weight is 454 g/mol. The van der Waals surface area contributed by atoms with Gasteiger partial charge >= 0.3 is 6.18 Å². The monoisotopic (exact) mass is 454 g/mol. The maximum Gasteiger partial charge on any atom is 0.453 e. The fraction of sp³-hybridized carbons (Fsp3) is 0.192. The molecule has 0 saturated heterocycles. The van der Waals surface area contributed by atoms with Crippen LogP contribution in [0.15, 0.2) is 75.9 Å². The van der Waals surface area contributed by atoms with Gasteiger partial charge in [-0.15, -0.1) is 0 Å². The van der Waals surface area contributed by atoms with Crippen molar-refractivity contribution >= 4 is 11.0 Å². The van der Waals surface area contributed by atoms with Crippen molar-refractivity contribution in [3.05, 3.63) is 99.4 Å². The van der Waals surface area contributed by atoms with Crippen molar-refractivity contribution in [3.63, 3.8) is 0 Å². The lowest BCUT2D eigenvalue weighted by Gasteiger charge is -2.14. The van der Waals surface area contributed by atoms with E-state index in [4.69, 9.17) is 13.9 Å². The second kappa shape index (κ2) is 9.02. The van der Waals surface area contributed by atoms with Gasteiger partial charge in [0.2, 0.25) is 11.2 Å². The molecular weight excluding hydrogens is 433 g/mol. The Morgan fingerprint density at radius 3 is 2.30 bits per heavy atom. The van der Waals surface area contributed by atoms with E-state index < -0.39 is 23.1 Å². The van der Waals surface area contributed by atoms with Gasteiger partial charge in [-0.25, -0.2) is 0 Å². The van der Waals surface area contributed by atoms with E-state index in [1.807, 2.05) is 38.1 Å². The number of alkyl halides is 3. The number of ether oxygens (including phenoxy) is 2. The third kappa shape index (κ3) is 5.03. The molecule has 4 rings (SSSR count). The van der Waals surface area contributed by atoms with Crippen LogP contribution in [0.3, 0.4) is 0 Å². The molecule has 7 heteroatoms. The maximum absolute atomic E-state index is 13.7. The first kappa shape index (κ1) is 22.5. The standard InChI is InChI=1S/C26H21F3O4/c1-3-17-7-9-19(10-8-17)32-24-23(30)21-12-11-20(14-22(21)33-25(24)26(27,28)29)31-15-18-6-4-5-16(2)13-18/h4-14H,3,15H2,1-2H3. The highest BCUT2D eigenvalue weighted by Gasteiger charge is 2.40. The number of hydrogen-bond donors (Lipinski definition) is 0. The van der Waals surface area contributed by atoms with E-state index in [0.29, 0.717) is 0 Å². The summed E-state index contributed by atoms with van der Waals surface area (Å²) in [6.07, 6.45) is -4.16. The first-order valence-corrected chi connectivity index (χ1v) is 10.4. The quantitative estimate of drug-likeness (QED) is 0.313. The molecular formula is C26H21F3O4. The summed E-state index contributed by atoms with van der Waals surface area (Å²) in [4.78, 5) is 12.9. The number of rotatable bonds is 6. The molecule has 0 radical (unpaired) electrons. The zero-order valence-corrected chi connectivity index (χ0v) is 18.0. The van der Waals surface area contributed by atoms with Gasteiger partial charge in [0.1, 0.15) is 23.7 Å². The molecule has 0 atom stereocenters. The minimum atomic E-state index is -4.93. The molecule has 0 aliphatic carbocycles. The van der Waals surface area contributed by atoms with Crippen molar-refractivity contribution in [1.29, 1.82) is 0 Å². The van der Waals surface area contributed by atoms with Crippen LogP contribution in [0, 0.1) is 6.92 Å². The van der Waals surface area contributed by atoms with Crippen LogP contribution in [0.1, 0.15) is 29.4 Å². The summed E-state index contributed by atoms with van der Waals surface area (Å²) in [5, 5.41) is -0.0360. The number of benzene rings is 3. The smallest absolute Gasteiger partial charge is 0.453 e. The Kier molecular flexibility index (Phi) is 6.14. The molecule has 4 aromatic rings. The van der Waals surface area contributed by atoms with Crippen LogP contribution in [0.4, 0.5) is 13.2 Å². The second-order valence-corrected chi connectivity index (χ2v) is 7.62. The van der Waals surface area contributed by atoms with Crippen LogP contribution in [0.5, 0.6) is 17.2 Å². The molecule has 0 spiro atoms. The summed E-state index contributed by atoms with van der Waals surface area (Å²) in [5.41, 5.74) is 1.82. The molecule has 33 heavy (non-hydrogen) atoms. The van der Waals surface area contributed by atoms with Gasteiger partial charge in [0.15, 0.2) is 0 Å². The number of aryl methyl sites for hydroxylation is 2. The van der Waals surface area contributed by atoms with E-state index in [0.717, 1.165) is 23.1 Å². The van der Waals surface area contributed by atoms with Crippen LogP contribution in [-0.2, 0) is 19.2 Å². The van der Waals surface area contributed by atoms with Gasteiger partial charge in [0, 0.05) is 6.07 Å². The van der Waals surface area contributed by atoms with Crippen molar-refractivity contribution < 1.29 is 27.1 Å². The Labute approximate surface area is 188 Å². The van der Waals surface area contributed by atoms with Crippen molar-refractivity contribution in [2.45, 2.75) is 33.1 Å². The SMILES string of the molecule is CCc1ccc(Oc2c(C(F)(F)F)oc3cc(OCc4cccc(C)c4)ccc3c2=O)cc1. The summed E-state index contributed by atoms with van der Waals surface area (Å²) < 4.78 is 57.4.